The van der Waals surface area contributed by atoms with E-state index in [1.165, 1.54) is 12.1 Å². The summed E-state index contributed by atoms with van der Waals surface area (Å²) >= 11 is 5.96. The number of anilines is 2. The highest BCUT2D eigenvalue weighted by Gasteiger charge is 2.17. The summed E-state index contributed by atoms with van der Waals surface area (Å²) in [7, 11) is 3.73. The zero-order valence-corrected chi connectivity index (χ0v) is 11.4. The summed E-state index contributed by atoms with van der Waals surface area (Å²) in [6, 6.07) is 6.45. The molecule has 0 aliphatic carbocycles. The molecular weight excluding hydrogens is 253 g/mol. The van der Waals surface area contributed by atoms with E-state index < -0.39 is 0 Å². The Morgan fingerprint density at radius 3 is 2.78 bits per heavy atom. The Morgan fingerprint density at radius 1 is 1.44 bits per heavy atom. The molecule has 96 valence electrons. The molecule has 18 heavy (non-hydrogen) atoms. The standard InChI is InChI=1S/C13H15ClFN3/c1-9-12(8-14)13(18(3)16-9)17(2)11-6-4-5-10(15)7-11/h4-7H,8H2,1-3H3. The number of hydrogen-bond donors (Lipinski definition) is 0. The molecule has 1 aromatic heterocycles. The van der Waals surface area contributed by atoms with Gasteiger partial charge in [0.05, 0.1) is 11.6 Å². The summed E-state index contributed by atoms with van der Waals surface area (Å²) in [4.78, 5) is 1.89. The van der Waals surface area contributed by atoms with Crippen LogP contribution in [0.1, 0.15) is 11.3 Å². The number of hydrogen-bond acceptors (Lipinski definition) is 2. The second-order valence-electron chi connectivity index (χ2n) is 4.18. The molecule has 1 aromatic carbocycles. The van der Waals surface area contributed by atoms with Crippen LogP contribution in [0.5, 0.6) is 0 Å². The third-order valence-electron chi connectivity index (χ3n) is 2.96. The molecule has 0 fully saturated rings. The smallest absolute Gasteiger partial charge is 0.135 e. The summed E-state index contributed by atoms with van der Waals surface area (Å²) in [6.07, 6.45) is 0. The van der Waals surface area contributed by atoms with Crippen molar-refractivity contribution < 1.29 is 4.39 Å². The van der Waals surface area contributed by atoms with E-state index in [1.54, 1.807) is 10.7 Å². The minimum atomic E-state index is -0.259. The molecule has 2 rings (SSSR count). The van der Waals surface area contributed by atoms with Gasteiger partial charge in [0.2, 0.25) is 0 Å². The zero-order valence-electron chi connectivity index (χ0n) is 10.6. The number of nitrogens with zero attached hydrogens (tertiary/aromatic N) is 3. The van der Waals surface area contributed by atoms with Gasteiger partial charge in [-0.05, 0) is 25.1 Å². The van der Waals surface area contributed by atoms with E-state index in [4.69, 9.17) is 11.6 Å². The van der Waals surface area contributed by atoms with Crippen molar-refractivity contribution in [1.29, 1.82) is 0 Å². The molecule has 0 aliphatic heterocycles. The van der Waals surface area contributed by atoms with Crippen molar-refractivity contribution in [1.82, 2.24) is 9.78 Å². The van der Waals surface area contributed by atoms with E-state index in [-0.39, 0.29) is 5.82 Å². The normalized spacial score (nSPS) is 10.7. The fraction of sp³-hybridized carbons (Fsp3) is 0.308. The molecule has 0 radical (unpaired) electrons. The Kier molecular flexibility index (Phi) is 3.57. The molecule has 1 heterocycles. The fourth-order valence-electron chi connectivity index (χ4n) is 2.07. The fourth-order valence-corrected chi connectivity index (χ4v) is 2.39. The lowest BCUT2D eigenvalue weighted by Gasteiger charge is -2.20. The number of aromatic nitrogens is 2. The number of benzene rings is 1. The lowest BCUT2D eigenvalue weighted by Crippen LogP contribution is -2.15. The minimum absolute atomic E-state index is 0.259. The molecule has 0 spiro atoms. The van der Waals surface area contributed by atoms with Crippen LogP contribution in [0.4, 0.5) is 15.9 Å². The van der Waals surface area contributed by atoms with Gasteiger partial charge in [0.1, 0.15) is 11.6 Å². The first kappa shape index (κ1) is 12.9. The second kappa shape index (κ2) is 4.98. The molecule has 0 amide bonds. The van der Waals surface area contributed by atoms with Crippen LogP contribution in [0.15, 0.2) is 24.3 Å². The summed E-state index contributed by atoms with van der Waals surface area (Å²) in [5.41, 5.74) is 2.63. The Bertz CT molecular complexity index is 565. The van der Waals surface area contributed by atoms with Gasteiger partial charge < -0.3 is 4.90 Å². The van der Waals surface area contributed by atoms with Gasteiger partial charge in [0, 0.05) is 25.3 Å². The molecule has 0 N–H and O–H groups in total. The largest absolute Gasteiger partial charge is 0.329 e. The Balaban J connectivity index is 2.48. The molecule has 2 aromatic rings. The molecule has 0 aliphatic rings. The summed E-state index contributed by atoms with van der Waals surface area (Å²) in [5.74, 6) is 1.01. The molecule has 0 saturated carbocycles. The SMILES string of the molecule is Cc1nn(C)c(N(C)c2cccc(F)c2)c1CCl. The predicted octanol–water partition coefficient (Wildman–Crippen LogP) is 3.37. The maximum absolute atomic E-state index is 13.3. The monoisotopic (exact) mass is 267 g/mol. The Morgan fingerprint density at radius 2 is 2.17 bits per heavy atom. The van der Waals surface area contributed by atoms with Crippen molar-refractivity contribution in [2.75, 3.05) is 11.9 Å². The van der Waals surface area contributed by atoms with Crippen LogP contribution in [0.2, 0.25) is 0 Å². The minimum Gasteiger partial charge on any atom is -0.329 e. The zero-order chi connectivity index (χ0) is 13.3. The van der Waals surface area contributed by atoms with Crippen LogP contribution in [-0.2, 0) is 12.9 Å². The highest BCUT2D eigenvalue weighted by Crippen LogP contribution is 2.29. The number of halogens is 2. The Hall–Kier alpha value is -1.55. The third-order valence-corrected chi connectivity index (χ3v) is 3.23. The summed E-state index contributed by atoms with van der Waals surface area (Å²) in [5, 5.41) is 4.35. The predicted molar refractivity (Wildman–Crippen MR) is 72.0 cm³/mol. The van der Waals surface area contributed by atoms with Crippen LogP contribution in [0.25, 0.3) is 0 Å². The molecule has 5 heteroatoms. The molecular formula is C13H15ClFN3. The van der Waals surface area contributed by atoms with Crippen molar-refractivity contribution in [3.05, 3.63) is 41.3 Å². The highest BCUT2D eigenvalue weighted by molar-refractivity contribution is 6.17. The summed E-state index contributed by atoms with van der Waals surface area (Å²) in [6.45, 7) is 1.92. The van der Waals surface area contributed by atoms with Crippen molar-refractivity contribution >= 4 is 23.1 Å². The van der Waals surface area contributed by atoms with Gasteiger partial charge >= 0.3 is 0 Å². The van der Waals surface area contributed by atoms with E-state index >= 15 is 0 Å². The number of alkyl halides is 1. The lowest BCUT2D eigenvalue weighted by atomic mass is 10.2. The number of aryl methyl sites for hydroxylation is 2. The van der Waals surface area contributed by atoms with Gasteiger partial charge in [-0.25, -0.2) is 4.39 Å². The maximum atomic E-state index is 13.3. The van der Waals surface area contributed by atoms with Crippen molar-refractivity contribution in [2.24, 2.45) is 7.05 Å². The van der Waals surface area contributed by atoms with Gasteiger partial charge in [0.25, 0.3) is 0 Å². The van der Waals surface area contributed by atoms with Gasteiger partial charge in [0.15, 0.2) is 0 Å². The van der Waals surface area contributed by atoms with Gasteiger partial charge in [-0.2, -0.15) is 5.10 Å². The van der Waals surface area contributed by atoms with Crippen LogP contribution in [0.3, 0.4) is 0 Å². The molecule has 3 nitrogen and oxygen atoms in total. The molecule has 0 bridgehead atoms. The van der Waals surface area contributed by atoms with E-state index in [9.17, 15) is 4.39 Å². The van der Waals surface area contributed by atoms with Gasteiger partial charge in [-0.1, -0.05) is 6.07 Å². The first-order chi connectivity index (χ1) is 8.54. The average Bonchev–Trinajstić information content (AvgIpc) is 2.62. The van der Waals surface area contributed by atoms with Crippen LogP contribution >= 0.6 is 11.6 Å². The number of rotatable bonds is 3. The maximum Gasteiger partial charge on any atom is 0.135 e. The highest BCUT2D eigenvalue weighted by atomic mass is 35.5. The second-order valence-corrected chi connectivity index (χ2v) is 4.45. The van der Waals surface area contributed by atoms with Crippen molar-refractivity contribution in [3.8, 4) is 0 Å². The van der Waals surface area contributed by atoms with Crippen molar-refractivity contribution in [2.45, 2.75) is 12.8 Å². The van der Waals surface area contributed by atoms with E-state index in [2.05, 4.69) is 5.10 Å². The molecule has 0 unspecified atom stereocenters. The van der Waals surface area contributed by atoms with E-state index in [1.807, 2.05) is 32.0 Å². The Labute approximate surface area is 111 Å². The van der Waals surface area contributed by atoms with E-state index in [0.717, 1.165) is 22.8 Å². The van der Waals surface area contributed by atoms with E-state index in [0.29, 0.717) is 5.88 Å². The topological polar surface area (TPSA) is 21.1 Å². The van der Waals surface area contributed by atoms with Crippen molar-refractivity contribution in [3.63, 3.8) is 0 Å². The van der Waals surface area contributed by atoms with Crippen LogP contribution < -0.4 is 4.90 Å². The lowest BCUT2D eigenvalue weighted by molar-refractivity contribution is 0.627. The quantitative estimate of drug-likeness (QED) is 0.795. The third kappa shape index (κ3) is 2.20. The van der Waals surface area contributed by atoms with Crippen LogP contribution in [0, 0.1) is 12.7 Å². The van der Waals surface area contributed by atoms with Gasteiger partial charge in [-0.15, -0.1) is 11.6 Å². The molecule has 0 atom stereocenters. The first-order valence-electron chi connectivity index (χ1n) is 5.62. The first-order valence-corrected chi connectivity index (χ1v) is 6.15. The van der Waals surface area contributed by atoms with Crippen LogP contribution in [-0.4, -0.2) is 16.8 Å². The van der Waals surface area contributed by atoms with Gasteiger partial charge in [-0.3, -0.25) is 4.68 Å². The summed E-state index contributed by atoms with van der Waals surface area (Å²) < 4.78 is 15.0. The average molecular weight is 268 g/mol. The molecule has 0 saturated heterocycles.